The van der Waals surface area contributed by atoms with Gasteiger partial charge in [0.2, 0.25) is 0 Å². The minimum atomic E-state index is 0.0607. The maximum atomic E-state index is 13.0. The summed E-state index contributed by atoms with van der Waals surface area (Å²) in [5.41, 5.74) is 1.24. The number of benzene rings is 1. The molecule has 0 aromatic heterocycles. The highest BCUT2D eigenvalue weighted by Crippen LogP contribution is 2.21. The number of nitrogens with one attached hydrogen (secondary N) is 1. The molecule has 144 valence electrons. The van der Waals surface area contributed by atoms with Crippen LogP contribution in [0.15, 0.2) is 24.3 Å². The number of hydrogen-bond acceptors (Lipinski definition) is 3. The predicted octanol–water partition coefficient (Wildman–Crippen LogP) is 1.29. The first-order chi connectivity index (χ1) is 12.5. The molecule has 5 nitrogen and oxygen atoms in total. The topological polar surface area (TPSA) is 37.2 Å². The number of methoxy groups -OCH3 is 1. The van der Waals surface area contributed by atoms with Crippen LogP contribution in [0.25, 0.3) is 0 Å². The highest BCUT2D eigenvalue weighted by molar-refractivity contribution is 5.80. The fourth-order valence-electron chi connectivity index (χ4n) is 4.57. The van der Waals surface area contributed by atoms with Gasteiger partial charge in [0.05, 0.1) is 33.3 Å². The molecule has 2 heterocycles. The summed E-state index contributed by atoms with van der Waals surface area (Å²) in [7, 11) is 1.69. The van der Waals surface area contributed by atoms with Crippen molar-refractivity contribution in [2.75, 3.05) is 51.3 Å². The smallest absolute Gasteiger partial charge is 0.280 e. The predicted molar refractivity (Wildman–Crippen MR) is 105 cm³/mol. The summed E-state index contributed by atoms with van der Waals surface area (Å²) in [5, 5.41) is 0. The van der Waals surface area contributed by atoms with Gasteiger partial charge < -0.3 is 19.4 Å². The van der Waals surface area contributed by atoms with Crippen LogP contribution in [0.1, 0.15) is 27.2 Å². The third kappa shape index (κ3) is 4.32. The molecule has 26 heavy (non-hydrogen) atoms. The zero-order valence-electron chi connectivity index (χ0n) is 16.7. The molecule has 0 unspecified atom stereocenters. The number of amides is 1. The van der Waals surface area contributed by atoms with Crippen molar-refractivity contribution in [1.29, 1.82) is 0 Å². The number of hydrogen-bond donors (Lipinski definition) is 1. The Hall–Kier alpha value is -1.75. The number of anilines is 1. The lowest BCUT2D eigenvalue weighted by Crippen LogP contribution is -3.19. The van der Waals surface area contributed by atoms with E-state index in [2.05, 4.69) is 42.7 Å². The fourth-order valence-corrected chi connectivity index (χ4v) is 4.57. The van der Waals surface area contributed by atoms with Gasteiger partial charge in [0.1, 0.15) is 5.75 Å². The number of piperazine rings is 1. The van der Waals surface area contributed by atoms with Gasteiger partial charge in [-0.2, -0.15) is 0 Å². The largest absolute Gasteiger partial charge is 0.497 e. The van der Waals surface area contributed by atoms with Crippen LogP contribution < -0.4 is 14.5 Å². The Morgan fingerprint density at radius 2 is 1.69 bits per heavy atom. The third-order valence-corrected chi connectivity index (χ3v) is 6.01. The Kier molecular flexibility index (Phi) is 6.07. The summed E-state index contributed by atoms with van der Waals surface area (Å²) in [4.78, 5) is 18.9. The monoisotopic (exact) mass is 360 g/mol. The Morgan fingerprint density at radius 3 is 2.23 bits per heavy atom. The van der Waals surface area contributed by atoms with Gasteiger partial charge in [0.25, 0.3) is 5.91 Å². The number of nitrogens with zero attached hydrogens (tertiary/aromatic N) is 2. The molecular weight excluding hydrogens is 326 g/mol. The van der Waals surface area contributed by atoms with Crippen LogP contribution in [0.5, 0.6) is 5.75 Å². The van der Waals surface area contributed by atoms with Crippen molar-refractivity contribution >= 4 is 11.6 Å². The minimum absolute atomic E-state index is 0.0607. The lowest BCUT2D eigenvalue weighted by molar-refractivity contribution is -0.915. The number of likely N-dealkylation sites (tertiary alicyclic amines) is 1. The molecule has 1 aromatic rings. The van der Waals surface area contributed by atoms with E-state index < -0.39 is 0 Å². The van der Waals surface area contributed by atoms with Crippen LogP contribution in [-0.2, 0) is 4.79 Å². The van der Waals surface area contributed by atoms with Gasteiger partial charge in [-0.3, -0.25) is 4.79 Å². The molecule has 3 atom stereocenters. The molecule has 1 amide bonds. The van der Waals surface area contributed by atoms with Crippen molar-refractivity contribution in [2.24, 2.45) is 11.8 Å². The second-order valence-corrected chi connectivity index (χ2v) is 8.25. The first-order valence-corrected chi connectivity index (χ1v) is 10.00. The third-order valence-electron chi connectivity index (χ3n) is 6.01. The van der Waals surface area contributed by atoms with E-state index in [1.807, 2.05) is 12.1 Å². The standard InChI is InChI=1S/C21H33N3O2/c1-16-13-17(2)15-24(14-16)21(25)18(3)22-9-11-23(12-10-22)19-5-7-20(26-4)8-6-19/h5-8,16-18H,9-15H2,1-4H3/p+1/t16-,17+,18-/m1/s1. The number of carbonyl (C=O) groups is 1. The van der Waals surface area contributed by atoms with Crippen LogP contribution >= 0.6 is 0 Å². The molecular formula is C21H34N3O2+. The molecule has 1 aromatic carbocycles. The Labute approximate surface area is 157 Å². The minimum Gasteiger partial charge on any atom is -0.497 e. The summed E-state index contributed by atoms with van der Waals surface area (Å²) >= 11 is 0. The van der Waals surface area contributed by atoms with Crippen LogP contribution in [0.4, 0.5) is 5.69 Å². The number of ether oxygens (including phenoxy) is 1. The number of carbonyl (C=O) groups excluding carboxylic acids is 1. The Morgan fingerprint density at radius 1 is 1.12 bits per heavy atom. The zero-order valence-corrected chi connectivity index (χ0v) is 16.7. The number of piperidine rings is 1. The van der Waals surface area contributed by atoms with E-state index in [-0.39, 0.29) is 6.04 Å². The molecule has 0 bridgehead atoms. The summed E-state index contributed by atoms with van der Waals surface area (Å²) in [5.74, 6) is 2.48. The summed E-state index contributed by atoms with van der Waals surface area (Å²) in [6.07, 6.45) is 1.24. The summed E-state index contributed by atoms with van der Waals surface area (Å²) in [6.45, 7) is 12.5. The van der Waals surface area contributed by atoms with Crippen molar-refractivity contribution < 1.29 is 14.4 Å². The lowest BCUT2D eigenvalue weighted by Gasteiger charge is -2.40. The van der Waals surface area contributed by atoms with E-state index in [9.17, 15) is 4.79 Å². The van der Waals surface area contributed by atoms with Crippen LogP contribution in [0.3, 0.4) is 0 Å². The van der Waals surface area contributed by atoms with E-state index in [0.717, 1.165) is 45.0 Å². The second-order valence-electron chi connectivity index (χ2n) is 8.25. The van der Waals surface area contributed by atoms with E-state index in [1.165, 1.54) is 17.0 Å². The SMILES string of the molecule is COc1ccc(N2CC[NH+]([C@H](C)C(=O)N3C[C@H](C)C[C@H](C)C3)CC2)cc1. The van der Waals surface area contributed by atoms with Gasteiger partial charge >= 0.3 is 0 Å². The van der Waals surface area contributed by atoms with Crippen molar-refractivity contribution in [3.8, 4) is 5.75 Å². The normalized spacial score (nSPS) is 25.8. The molecule has 2 aliphatic heterocycles. The average Bonchev–Trinajstić information content (AvgIpc) is 2.66. The van der Waals surface area contributed by atoms with E-state index >= 15 is 0 Å². The molecule has 2 fully saturated rings. The van der Waals surface area contributed by atoms with Gasteiger partial charge in [-0.1, -0.05) is 13.8 Å². The molecule has 0 radical (unpaired) electrons. The lowest BCUT2D eigenvalue weighted by atomic mass is 9.91. The van der Waals surface area contributed by atoms with Gasteiger partial charge in [-0.05, 0) is 49.4 Å². The Bertz CT molecular complexity index is 586. The van der Waals surface area contributed by atoms with Crippen LogP contribution in [0, 0.1) is 11.8 Å². The van der Waals surface area contributed by atoms with Crippen molar-refractivity contribution in [3.05, 3.63) is 24.3 Å². The van der Waals surface area contributed by atoms with Crippen molar-refractivity contribution in [3.63, 3.8) is 0 Å². The van der Waals surface area contributed by atoms with Crippen LogP contribution in [-0.4, -0.2) is 63.2 Å². The average molecular weight is 361 g/mol. The molecule has 2 saturated heterocycles. The first-order valence-electron chi connectivity index (χ1n) is 10.00. The van der Waals surface area contributed by atoms with Gasteiger partial charge in [-0.15, -0.1) is 0 Å². The fraction of sp³-hybridized carbons (Fsp3) is 0.667. The molecule has 0 spiro atoms. The van der Waals surface area contributed by atoms with E-state index in [0.29, 0.717) is 17.7 Å². The second kappa shape index (κ2) is 8.30. The van der Waals surface area contributed by atoms with Crippen molar-refractivity contribution in [1.82, 2.24) is 4.90 Å². The molecule has 0 saturated carbocycles. The first kappa shape index (κ1) is 19.0. The Balaban J connectivity index is 1.54. The molecule has 3 rings (SSSR count). The zero-order chi connectivity index (χ0) is 18.7. The maximum absolute atomic E-state index is 13.0. The molecule has 0 aliphatic carbocycles. The van der Waals surface area contributed by atoms with Gasteiger partial charge in [-0.25, -0.2) is 0 Å². The number of rotatable bonds is 4. The highest BCUT2D eigenvalue weighted by Gasteiger charge is 2.34. The van der Waals surface area contributed by atoms with Gasteiger partial charge in [0.15, 0.2) is 6.04 Å². The highest BCUT2D eigenvalue weighted by atomic mass is 16.5. The molecule has 5 heteroatoms. The van der Waals surface area contributed by atoms with E-state index in [4.69, 9.17) is 4.74 Å². The van der Waals surface area contributed by atoms with Crippen LogP contribution in [0.2, 0.25) is 0 Å². The maximum Gasteiger partial charge on any atom is 0.280 e. The molecule has 1 N–H and O–H groups in total. The van der Waals surface area contributed by atoms with E-state index in [1.54, 1.807) is 7.11 Å². The molecule has 2 aliphatic rings. The number of quaternary nitrogens is 1. The van der Waals surface area contributed by atoms with Crippen molar-refractivity contribution in [2.45, 2.75) is 33.2 Å². The van der Waals surface area contributed by atoms with Gasteiger partial charge in [0, 0.05) is 18.8 Å². The summed E-state index contributed by atoms with van der Waals surface area (Å²) < 4.78 is 5.24. The quantitative estimate of drug-likeness (QED) is 0.879. The summed E-state index contributed by atoms with van der Waals surface area (Å²) in [6, 6.07) is 8.33.